The fourth-order valence-corrected chi connectivity index (χ4v) is 1.68. The summed E-state index contributed by atoms with van der Waals surface area (Å²) in [6, 6.07) is 10.6. The van der Waals surface area contributed by atoms with E-state index in [0.717, 1.165) is 13.1 Å². The summed E-state index contributed by atoms with van der Waals surface area (Å²) < 4.78 is 0. The van der Waals surface area contributed by atoms with E-state index in [4.69, 9.17) is 0 Å². The van der Waals surface area contributed by atoms with Crippen molar-refractivity contribution in [3.8, 4) is 0 Å². The Morgan fingerprint density at radius 2 is 2.00 bits per heavy atom. The third-order valence-corrected chi connectivity index (χ3v) is 2.36. The maximum atomic E-state index is 2.32. The van der Waals surface area contributed by atoms with Crippen molar-refractivity contribution in [2.24, 2.45) is 0 Å². The molecule has 1 heteroatoms. The SMILES string of the molecule is CC1=CC=CN(Cc2ccccc2)C1. The second-order valence-corrected chi connectivity index (χ2v) is 3.75. The van der Waals surface area contributed by atoms with Crippen molar-refractivity contribution in [2.45, 2.75) is 13.5 Å². The maximum Gasteiger partial charge on any atom is 0.0427 e. The van der Waals surface area contributed by atoms with Gasteiger partial charge in [0.15, 0.2) is 0 Å². The van der Waals surface area contributed by atoms with Crippen LogP contribution in [-0.2, 0) is 6.54 Å². The second kappa shape index (κ2) is 4.14. The van der Waals surface area contributed by atoms with E-state index in [1.165, 1.54) is 11.1 Å². The molecule has 1 aromatic rings. The van der Waals surface area contributed by atoms with E-state index in [-0.39, 0.29) is 0 Å². The van der Waals surface area contributed by atoms with Gasteiger partial charge >= 0.3 is 0 Å². The first-order chi connectivity index (χ1) is 6.84. The Morgan fingerprint density at radius 1 is 1.21 bits per heavy atom. The van der Waals surface area contributed by atoms with Crippen LogP contribution in [0.4, 0.5) is 0 Å². The third kappa shape index (κ3) is 2.25. The molecular formula is C13H15N. The van der Waals surface area contributed by atoms with Crippen LogP contribution in [0.1, 0.15) is 12.5 Å². The summed E-state index contributed by atoms with van der Waals surface area (Å²) >= 11 is 0. The van der Waals surface area contributed by atoms with Crippen LogP contribution < -0.4 is 0 Å². The van der Waals surface area contributed by atoms with Crippen LogP contribution >= 0.6 is 0 Å². The zero-order chi connectivity index (χ0) is 9.80. The Bertz CT molecular complexity index is 349. The molecule has 1 heterocycles. The Balaban J connectivity index is 2.00. The molecule has 0 saturated carbocycles. The van der Waals surface area contributed by atoms with Gasteiger partial charge in [0.2, 0.25) is 0 Å². The van der Waals surface area contributed by atoms with Crippen LogP contribution in [0, 0.1) is 0 Å². The lowest BCUT2D eigenvalue weighted by atomic mass is 10.1. The van der Waals surface area contributed by atoms with E-state index in [1.807, 2.05) is 0 Å². The van der Waals surface area contributed by atoms with Crippen LogP contribution in [0.2, 0.25) is 0 Å². The fourth-order valence-electron chi connectivity index (χ4n) is 1.68. The highest BCUT2D eigenvalue weighted by atomic mass is 15.1. The number of hydrogen-bond acceptors (Lipinski definition) is 1. The molecule has 2 rings (SSSR count). The van der Waals surface area contributed by atoms with Crippen molar-refractivity contribution in [1.29, 1.82) is 0 Å². The highest BCUT2D eigenvalue weighted by Crippen LogP contribution is 2.10. The van der Waals surface area contributed by atoms with Gasteiger partial charge in [0, 0.05) is 13.1 Å². The average molecular weight is 185 g/mol. The van der Waals surface area contributed by atoms with Crippen molar-refractivity contribution < 1.29 is 0 Å². The standard InChI is InChI=1S/C13H15N/c1-12-6-5-9-14(10-12)11-13-7-3-2-4-8-13/h2-9H,10-11H2,1H3. The molecule has 0 unspecified atom stereocenters. The largest absolute Gasteiger partial charge is 0.369 e. The second-order valence-electron chi connectivity index (χ2n) is 3.75. The minimum atomic E-state index is 1.00. The summed E-state index contributed by atoms with van der Waals surface area (Å²) in [6.45, 7) is 4.22. The molecule has 1 aromatic carbocycles. The molecule has 0 aromatic heterocycles. The summed E-state index contributed by atoms with van der Waals surface area (Å²) in [7, 11) is 0. The lowest BCUT2D eigenvalue weighted by molar-refractivity contribution is 0.395. The highest BCUT2D eigenvalue weighted by Gasteiger charge is 2.03. The minimum Gasteiger partial charge on any atom is -0.369 e. The van der Waals surface area contributed by atoms with E-state index in [1.54, 1.807) is 0 Å². The number of hydrogen-bond donors (Lipinski definition) is 0. The number of allylic oxidation sites excluding steroid dienone is 2. The van der Waals surface area contributed by atoms with Crippen LogP contribution in [0.25, 0.3) is 0 Å². The molecule has 0 bridgehead atoms. The zero-order valence-electron chi connectivity index (χ0n) is 8.48. The molecule has 1 aliphatic rings. The molecule has 0 atom stereocenters. The predicted molar refractivity (Wildman–Crippen MR) is 59.7 cm³/mol. The van der Waals surface area contributed by atoms with Crippen molar-refractivity contribution in [3.05, 3.63) is 59.8 Å². The highest BCUT2D eigenvalue weighted by molar-refractivity contribution is 5.20. The average Bonchev–Trinajstić information content (AvgIpc) is 2.19. The third-order valence-electron chi connectivity index (χ3n) is 2.36. The molecule has 72 valence electrons. The maximum absolute atomic E-state index is 2.32. The van der Waals surface area contributed by atoms with Gasteiger partial charge in [-0.15, -0.1) is 0 Å². The van der Waals surface area contributed by atoms with Crippen LogP contribution in [0.15, 0.2) is 54.3 Å². The summed E-state index contributed by atoms with van der Waals surface area (Å²) in [5.41, 5.74) is 2.79. The van der Waals surface area contributed by atoms with Crippen molar-refractivity contribution in [1.82, 2.24) is 4.90 Å². The van der Waals surface area contributed by atoms with E-state index >= 15 is 0 Å². The van der Waals surface area contributed by atoms with Crippen LogP contribution in [0.5, 0.6) is 0 Å². The fraction of sp³-hybridized carbons (Fsp3) is 0.231. The molecule has 0 fully saturated rings. The topological polar surface area (TPSA) is 3.24 Å². The Morgan fingerprint density at radius 3 is 2.71 bits per heavy atom. The van der Waals surface area contributed by atoms with Crippen LogP contribution in [0.3, 0.4) is 0 Å². The number of benzene rings is 1. The van der Waals surface area contributed by atoms with Gasteiger partial charge in [-0.2, -0.15) is 0 Å². The molecule has 0 N–H and O–H groups in total. The summed E-state index contributed by atoms with van der Waals surface area (Å²) in [5.74, 6) is 0. The first kappa shape index (κ1) is 9.07. The molecule has 0 aliphatic carbocycles. The van der Waals surface area contributed by atoms with Gasteiger partial charge in [0.1, 0.15) is 0 Å². The summed E-state index contributed by atoms with van der Waals surface area (Å²) in [4.78, 5) is 2.32. The van der Waals surface area contributed by atoms with Gasteiger partial charge in [-0.3, -0.25) is 0 Å². The van der Waals surface area contributed by atoms with Gasteiger partial charge in [-0.05, 0) is 24.8 Å². The summed E-state index contributed by atoms with van der Waals surface area (Å²) in [6.07, 6.45) is 6.43. The molecule has 1 aliphatic heterocycles. The molecule has 0 radical (unpaired) electrons. The normalized spacial score (nSPS) is 15.5. The monoisotopic (exact) mass is 185 g/mol. The smallest absolute Gasteiger partial charge is 0.0427 e. The van der Waals surface area contributed by atoms with E-state index in [9.17, 15) is 0 Å². The molecule has 14 heavy (non-hydrogen) atoms. The van der Waals surface area contributed by atoms with E-state index in [0.29, 0.717) is 0 Å². The number of nitrogens with zero attached hydrogens (tertiary/aromatic N) is 1. The predicted octanol–water partition coefficient (Wildman–Crippen LogP) is 2.96. The lowest BCUT2D eigenvalue weighted by Gasteiger charge is -2.23. The van der Waals surface area contributed by atoms with Gasteiger partial charge < -0.3 is 4.90 Å². The van der Waals surface area contributed by atoms with Crippen molar-refractivity contribution in [3.63, 3.8) is 0 Å². The van der Waals surface area contributed by atoms with Gasteiger partial charge in [-0.1, -0.05) is 42.0 Å². The minimum absolute atomic E-state index is 1.00. The Kier molecular flexibility index (Phi) is 2.68. The molecule has 0 amide bonds. The first-order valence-electron chi connectivity index (χ1n) is 4.96. The van der Waals surface area contributed by atoms with E-state index < -0.39 is 0 Å². The molecule has 0 spiro atoms. The Hall–Kier alpha value is -1.50. The molecule has 1 nitrogen and oxygen atoms in total. The molecular weight excluding hydrogens is 170 g/mol. The lowest BCUT2D eigenvalue weighted by Crippen LogP contribution is -2.20. The van der Waals surface area contributed by atoms with E-state index in [2.05, 4.69) is 60.5 Å². The quantitative estimate of drug-likeness (QED) is 0.684. The van der Waals surface area contributed by atoms with Gasteiger partial charge in [0.05, 0.1) is 0 Å². The van der Waals surface area contributed by atoms with Crippen molar-refractivity contribution >= 4 is 0 Å². The van der Waals surface area contributed by atoms with Crippen molar-refractivity contribution in [2.75, 3.05) is 6.54 Å². The van der Waals surface area contributed by atoms with Gasteiger partial charge in [0.25, 0.3) is 0 Å². The van der Waals surface area contributed by atoms with Gasteiger partial charge in [-0.25, -0.2) is 0 Å². The molecule has 0 saturated heterocycles. The summed E-state index contributed by atoms with van der Waals surface area (Å²) in [5, 5.41) is 0. The van der Waals surface area contributed by atoms with Crippen LogP contribution in [-0.4, -0.2) is 11.4 Å². The first-order valence-corrected chi connectivity index (χ1v) is 4.96. The zero-order valence-corrected chi connectivity index (χ0v) is 8.48. The number of rotatable bonds is 2. The Labute approximate surface area is 85.4 Å².